The highest BCUT2D eigenvalue weighted by Crippen LogP contribution is 2.54. The molecular weight excluding hydrogens is 516 g/mol. The van der Waals surface area contributed by atoms with Crippen LogP contribution >= 0.6 is 0 Å². The standard InChI is InChI=1S/C43H34/c1-3-43(4-2)41-27-37(29-10-6-5-7-11-29)20-22-39(41)40-23-21-38(28-42(40)43)36-19-18-34-25-33(16-17-35(34)26-36)32-15-14-30-12-8-9-13-31(30)24-32/h5-28H,3-4H2,1-2H3. The Morgan fingerprint density at radius 1 is 0.349 bits per heavy atom. The zero-order valence-electron chi connectivity index (χ0n) is 24.8. The molecule has 0 bridgehead atoms. The second-order valence-electron chi connectivity index (χ2n) is 12.0. The summed E-state index contributed by atoms with van der Waals surface area (Å²) in [6.45, 7) is 4.71. The molecule has 1 aliphatic rings. The predicted molar refractivity (Wildman–Crippen MR) is 185 cm³/mol. The van der Waals surface area contributed by atoms with E-state index in [1.807, 2.05) is 0 Å². The molecule has 0 saturated heterocycles. The molecule has 0 fully saturated rings. The Labute approximate surface area is 254 Å². The maximum Gasteiger partial charge on any atom is 0.0210 e. The van der Waals surface area contributed by atoms with Gasteiger partial charge in [0.1, 0.15) is 0 Å². The highest BCUT2D eigenvalue weighted by Gasteiger charge is 2.40. The van der Waals surface area contributed by atoms with E-state index < -0.39 is 0 Å². The van der Waals surface area contributed by atoms with Gasteiger partial charge in [-0.1, -0.05) is 129 Å². The minimum atomic E-state index is 0.0249. The van der Waals surface area contributed by atoms with E-state index >= 15 is 0 Å². The first kappa shape index (κ1) is 25.7. The molecule has 7 aromatic rings. The number of benzene rings is 7. The molecule has 1 aliphatic carbocycles. The number of rotatable bonds is 5. The molecule has 7 aromatic carbocycles. The monoisotopic (exact) mass is 550 g/mol. The summed E-state index contributed by atoms with van der Waals surface area (Å²) in [5, 5.41) is 5.10. The molecule has 0 heterocycles. The van der Waals surface area contributed by atoms with E-state index in [4.69, 9.17) is 0 Å². The van der Waals surface area contributed by atoms with Crippen molar-refractivity contribution in [2.24, 2.45) is 0 Å². The van der Waals surface area contributed by atoms with Crippen molar-refractivity contribution in [1.82, 2.24) is 0 Å². The van der Waals surface area contributed by atoms with Gasteiger partial charge in [-0.05, 0) is 120 Å². The molecule has 8 rings (SSSR count). The van der Waals surface area contributed by atoms with Crippen LogP contribution in [0, 0.1) is 0 Å². The van der Waals surface area contributed by atoms with E-state index in [9.17, 15) is 0 Å². The maximum atomic E-state index is 2.48. The van der Waals surface area contributed by atoms with E-state index in [0.29, 0.717) is 0 Å². The van der Waals surface area contributed by atoms with Crippen LogP contribution in [0.3, 0.4) is 0 Å². The Kier molecular flexibility index (Phi) is 6.05. The lowest BCUT2D eigenvalue weighted by Gasteiger charge is -2.30. The Morgan fingerprint density at radius 3 is 1.28 bits per heavy atom. The maximum absolute atomic E-state index is 2.48. The zero-order chi connectivity index (χ0) is 29.0. The molecule has 0 aromatic heterocycles. The van der Waals surface area contributed by atoms with E-state index in [1.54, 1.807) is 0 Å². The van der Waals surface area contributed by atoms with Gasteiger partial charge >= 0.3 is 0 Å². The van der Waals surface area contributed by atoms with Crippen molar-refractivity contribution in [2.45, 2.75) is 32.1 Å². The van der Waals surface area contributed by atoms with Crippen molar-refractivity contribution in [3.8, 4) is 44.5 Å². The Balaban J connectivity index is 1.18. The quantitative estimate of drug-likeness (QED) is 0.200. The summed E-state index contributed by atoms with van der Waals surface area (Å²) in [5.74, 6) is 0. The van der Waals surface area contributed by atoms with Gasteiger partial charge in [0, 0.05) is 5.41 Å². The van der Waals surface area contributed by atoms with Crippen LogP contribution < -0.4 is 0 Å². The van der Waals surface area contributed by atoms with Gasteiger partial charge in [-0.2, -0.15) is 0 Å². The molecule has 0 atom stereocenters. The highest BCUT2D eigenvalue weighted by atomic mass is 14.4. The second-order valence-corrected chi connectivity index (χ2v) is 12.0. The summed E-state index contributed by atoms with van der Waals surface area (Å²) in [7, 11) is 0. The number of fused-ring (bicyclic) bond motifs is 5. The van der Waals surface area contributed by atoms with Gasteiger partial charge in [-0.25, -0.2) is 0 Å². The molecule has 0 unspecified atom stereocenters. The Bertz CT molecular complexity index is 2140. The smallest absolute Gasteiger partial charge is 0.0210 e. The van der Waals surface area contributed by atoms with Gasteiger partial charge in [-0.15, -0.1) is 0 Å². The van der Waals surface area contributed by atoms with Crippen LogP contribution in [0.2, 0.25) is 0 Å². The van der Waals surface area contributed by atoms with Crippen molar-refractivity contribution in [2.75, 3.05) is 0 Å². The Hall–Kier alpha value is -4.94. The lowest BCUT2D eigenvalue weighted by molar-refractivity contribution is 0.491. The van der Waals surface area contributed by atoms with Crippen LogP contribution in [0.25, 0.3) is 66.1 Å². The van der Waals surface area contributed by atoms with Crippen LogP contribution in [-0.2, 0) is 5.41 Å². The fourth-order valence-corrected chi connectivity index (χ4v) is 7.47. The van der Waals surface area contributed by atoms with Gasteiger partial charge < -0.3 is 0 Å². The molecule has 0 amide bonds. The van der Waals surface area contributed by atoms with Crippen LogP contribution in [-0.4, -0.2) is 0 Å². The number of hydrogen-bond donors (Lipinski definition) is 0. The third-order valence-electron chi connectivity index (χ3n) is 9.93. The van der Waals surface area contributed by atoms with Crippen molar-refractivity contribution in [3.05, 3.63) is 157 Å². The van der Waals surface area contributed by atoms with E-state index in [2.05, 4.69) is 159 Å². The van der Waals surface area contributed by atoms with Crippen LogP contribution in [0.15, 0.2) is 146 Å². The molecule has 0 aliphatic heterocycles. The lowest BCUT2D eigenvalue weighted by Crippen LogP contribution is -2.23. The second kappa shape index (κ2) is 10.1. The van der Waals surface area contributed by atoms with E-state index in [0.717, 1.165) is 12.8 Å². The summed E-state index contributed by atoms with van der Waals surface area (Å²) in [5.41, 5.74) is 13.4. The molecule has 0 nitrogen and oxygen atoms in total. The first-order valence-corrected chi connectivity index (χ1v) is 15.5. The first-order valence-electron chi connectivity index (χ1n) is 15.5. The summed E-state index contributed by atoms with van der Waals surface area (Å²) >= 11 is 0. The van der Waals surface area contributed by atoms with Gasteiger partial charge in [-0.3, -0.25) is 0 Å². The summed E-state index contributed by atoms with van der Waals surface area (Å²) in [6.07, 6.45) is 2.17. The van der Waals surface area contributed by atoms with Crippen molar-refractivity contribution in [1.29, 1.82) is 0 Å². The molecule has 0 spiro atoms. The van der Waals surface area contributed by atoms with Crippen LogP contribution in [0.4, 0.5) is 0 Å². The predicted octanol–water partition coefficient (Wildman–Crippen LogP) is 12.1. The third kappa shape index (κ3) is 4.13. The normalized spacial score (nSPS) is 13.3. The third-order valence-corrected chi connectivity index (χ3v) is 9.93. The molecule has 0 saturated carbocycles. The highest BCUT2D eigenvalue weighted by molar-refractivity contribution is 5.94. The fraction of sp³-hybridized carbons (Fsp3) is 0.116. The first-order chi connectivity index (χ1) is 21.2. The van der Waals surface area contributed by atoms with Crippen molar-refractivity contribution >= 4 is 21.5 Å². The zero-order valence-corrected chi connectivity index (χ0v) is 24.8. The van der Waals surface area contributed by atoms with Gasteiger partial charge in [0.2, 0.25) is 0 Å². The van der Waals surface area contributed by atoms with Crippen LogP contribution in [0.5, 0.6) is 0 Å². The van der Waals surface area contributed by atoms with Gasteiger partial charge in [0.15, 0.2) is 0 Å². The minimum Gasteiger partial charge on any atom is -0.0642 e. The molecule has 0 N–H and O–H groups in total. The lowest BCUT2D eigenvalue weighted by atomic mass is 9.73. The average molecular weight is 551 g/mol. The van der Waals surface area contributed by atoms with Crippen molar-refractivity contribution in [3.63, 3.8) is 0 Å². The molecule has 0 heteroatoms. The summed E-state index contributed by atoms with van der Waals surface area (Å²) in [4.78, 5) is 0. The summed E-state index contributed by atoms with van der Waals surface area (Å²) in [6, 6.07) is 54.2. The van der Waals surface area contributed by atoms with E-state index in [-0.39, 0.29) is 5.41 Å². The topological polar surface area (TPSA) is 0 Å². The van der Waals surface area contributed by atoms with E-state index in [1.165, 1.54) is 77.2 Å². The molecule has 0 radical (unpaired) electrons. The average Bonchev–Trinajstić information content (AvgIpc) is 3.36. The SMILES string of the molecule is CCC1(CC)c2cc(-c3ccccc3)ccc2-c2ccc(-c3ccc4cc(-c5ccc6ccccc6c5)ccc4c3)cc21. The minimum absolute atomic E-state index is 0.0249. The summed E-state index contributed by atoms with van der Waals surface area (Å²) < 4.78 is 0. The fourth-order valence-electron chi connectivity index (χ4n) is 7.47. The Morgan fingerprint density at radius 2 is 0.744 bits per heavy atom. The molecular formula is C43H34. The molecule has 206 valence electrons. The largest absolute Gasteiger partial charge is 0.0642 e. The van der Waals surface area contributed by atoms with Crippen molar-refractivity contribution < 1.29 is 0 Å². The van der Waals surface area contributed by atoms with Crippen LogP contribution in [0.1, 0.15) is 37.8 Å². The van der Waals surface area contributed by atoms with Gasteiger partial charge in [0.25, 0.3) is 0 Å². The van der Waals surface area contributed by atoms with Gasteiger partial charge in [0.05, 0.1) is 0 Å². The molecule has 43 heavy (non-hydrogen) atoms. The number of hydrogen-bond acceptors (Lipinski definition) is 0.